The third kappa shape index (κ3) is 4.51. The number of nitriles is 2. The molecule has 0 atom stereocenters. The molecule has 0 aliphatic heterocycles. The summed E-state index contributed by atoms with van der Waals surface area (Å²) in [5.74, 6) is -0.533. The van der Waals surface area contributed by atoms with Gasteiger partial charge in [0.05, 0.1) is 23.2 Å². The summed E-state index contributed by atoms with van der Waals surface area (Å²) in [7, 11) is 0. The second-order valence-electron chi connectivity index (χ2n) is 5.38. The molecule has 0 amide bonds. The Kier molecular flexibility index (Phi) is 2.93. The standard InChI is InChI=1S/C22H18N6/c1-15-12-18(4-3-10-23)13-16(2)21(15)27-20-9-11-25-22(28-20)26-19-7-5-17(14-24)6-8-19/h3-9,11-13H,1-2H3,(H2,25,26,27,28)/b4-3+/i1D3,2D3,3D,4D,9D,11D. The fourth-order valence-electron chi connectivity index (χ4n) is 2.23. The van der Waals surface area contributed by atoms with Crippen LogP contribution in [0.2, 0.25) is 0 Å². The average molecular weight is 376 g/mol. The van der Waals surface area contributed by atoms with E-state index in [4.69, 9.17) is 24.2 Å². The van der Waals surface area contributed by atoms with E-state index in [-0.39, 0.29) is 17.3 Å². The van der Waals surface area contributed by atoms with Gasteiger partial charge >= 0.3 is 0 Å². The Balaban J connectivity index is 2.20. The van der Waals surface area contributed by atoms with E-state index in [0.717, 1.165) is 12.1 Å². The van der Waals surface area contributed by atoms with Gasteiger partial charge in [-0.25, -0.2) is 4.98 Å². The van der Waals surface area contributed by atoms with E-state index in [1.54, 1.807) is 12.1 Å². The van der Waals surface area contributed by atoms with Crippen LogP contribution in [0.25, 0.3) is 6.05 Å². The Morgan fingerprint density at radius 3 is 2.54 bits per heavy atom. The summed E-state index contributed by atoms with van der Waals surface area (Å²) in [5, 5.41) is 23.3. The van der Waals surface area contributed by atoms with Crippen LogP contribution >= 0.6 is 0 Å². The zero-order valence-electron chi connectivity index (χ0n) is 24.3. The molecule has 6 heteroatoms. The molecule has 0 radical (unpaired) electrons. The fourth-order valence-corrected chi connectivity index (χ4v) is 2.23. The molecule has 0 bridgehead atoms. The molecule has 1 heterocycles. The van der Waals surface area contributed by atoms with Crippen molar-refractivity contribution in [2.75, 3.05) is 10.6 Å². The van der Waals surface area contributed by atoms with Crippen LogP contribution in [0, 0.1) is 36.4 Å². The molecule has 0 saturated carbocycles. The van der Waals surface area contributed by atoms with Crippen molar-refractivity contribution in [3.05, 3.63) is 76.9 Å². The summed E-state index contributed by atoms with van der Waals surface area (Å²) in [6, 6.07) is 9.53. The first-order valence-electron chi connectivity index (χ1n) is 12.8. The van der Waals surface area contributed by atoms with Gasteiger partial charge < -0.3 is 10.6 Å². The highest BCUT2D eigenvalue weighted by molar-refractivity contribution is 5.69. The SMILES string of the molecule is [2H]/C(C#N)=C(/[2H])c1cc(C([2H])([2H])[2H])c(Nc2nc(Nc3ccc(C#N)cc3)nc([2H])c2[2H])c(C([2H])([2H])[2H])c1. The average Bonchev–Trinajstić information content (AvgIpc) is 2.85. The summed E-state index contributed by atoms with van der Waals surface area (Å²) in [4.78, 5) is 7.99. The van der Waals surface area contributed by atoms with Gasteiger partial charge in [0.1, 0.15) is 5.82 Å². The third-order valence-electron chi connectivity index (χ3n) is 3.47. The number of hydrogen-bond acceptors (Lipinski definition) is 6. The maximum atomic E-state index is 8.97. The number of hydrogen-bond donors (Lipinski definition) is 2. The first kappa shape index (κ1) is 9.68. The topological polar surface area (TPSA) is 97.4 Å². The molecule has 0 aliphatic carbocycles. The first-order chi connectivity index (χ1) is 17.6. The lowest BCUT2D eigenvalue weighted by molar-refractivity contribution is 1.16. The van der Waals surface area contributed by atoms with Crippen molar-refractivity contribution in [1.29, 1.82) is 10.5 Å². The molecular formula is C22H18N6. The lowest BCUT2D eigenvalue weighted by atomic mass is 10.0. The van der Waals surface area contributed by atoms with Crippen LogP contribution in [0.5, 0.6) is 0 Å². The van der Waals surface area contributed by atoms with E-state index < -0.39 is 54.8 Å². The molecule has 0 saturated heterocycles. The van der Waals surface area contributed by atoms with Gasteiger partial charge in [0.2, 0.25) is 5.95 Å². The second kappa shape index (κ2) is 8.48. The van der Waals surface area contributed by atoms with Crippen LogP contribution in [-0.2, 0) is 0 Å². The van der Waals surface area contributed by atoms with E-state index in [2.05, 4.69) is 20.6 Å². The van der Waals surface area contributed by atoms with Crippen molar-refractivity contribution in [3.8, 4) is 12.1 Å². The Morgan fingerprint density at radius 1 is 1.14 bits per heavy atom. The first-order valence-corrected chi connectivity index (χ1v) is 7.82. The number of nitrogens with one attached hydrogen (secondary N) is 2. The molecule has 2 N–H and O–H groups in total. The van der Waals surface area contributed by atoms with Crippen LogP contribution in [0.4, 0.5) is 23.1 Å². The van der Waals surface area contributed by atoms with Crippen LogP contribution in [-0.4, -0.2) is 9.97 Å². The number of rotatable bonds is 5. The minimum Gasteiger partial charge on any atom is -0.340 e. The summed E-state index contributed by atoms with van der Waals surface area (Å²) >= 11 is 0. The highest BCUT2D eigenvalue weighted by Crippen LogP contribution is 2.26. The Bertz CT molecular complexity index is 1460. The number of anilines is 4. The van der Waals surface area contributed by atoms with Crippen molar-refractivity contribution >= 4 is 29.2 Å². The van der Waals surface area contributed by atoms with Gasteiger partial charge in [0, 0.05) is 31.8 Å². The number of allylic oxidation sites excluding steroid dienone is 1. The lowest BCUT2D eigenvalue weighted by Gasteiger charge is -2.14. The third-order valence-corrected chi connectivity index (χ3v) is 3.47. The second-order valence-corrected chi connectivity index (χ2v) is 5.38. The number of aromatic nitrogens is 2. The predicted octanol–water partition coefficient (Wildman–Crippen LogP) is 4.99. The molecule has 3 aromatic rings. The van der Waals surface area contributed by atoms with Crippen LogP contribution < -0.4 is 10.6 Å². The molecule has 28 heavy (non-hydrogen) atoms. The fraction of sp³-hybridized carbons (Fsp3) is 0.0909. The van der Waals surface area contributed by atoms with Gasteiger partial charge in [-0.1, -0.05) is 0 Å². The molecule has 136 valence electrons. The van der Waals surface area contributed by atoms with Crippen molar-refractivity contribution in [2.45, 2.75) is 13.7 Å². The predicted molar refractivity (Wildman–Crippen MR) is 110 cm³/mol. The highest BCUT2D eigenvalue weighted by Gasteiger charge is 2.07. The van der Waals surface area contributed by atoms with Gasteiger partial charge in [0.25, 0.3) is 0 Å². The molecule has 0 aliphatic rings. The summed E-state index contributed by atoms with van der Waals surface area (Å²) < 4.78 is 79.6. The van der Waals surface area contributed by atoms with Gasteiger partial charge in [-0.2, -0.15) is 15.5 Å². The number of aryl methyl sites for hydroxylation is 2. The number of nitrogens with zero attached hydrogens (tertiary/aromatic N) is 4. The molecule has 3 rings (SSSR count). The quantitative estimate of drug-likeness (QED) is 0.609. The van der Waals surface area contributed by atoms with E-state index in [0.29, 0.717) is 11.3 Å². The minimum absolute atomic E-state index is 0.162. The minimum atomic E-state index is -2.92. The molecule has 2 aromatic carbocycles. The molecule has 0 unspecified atom stereocenters. The molecule has 1 aromatic heterocycles. The molecule has 6 nitrogen and oxygen atoms in total. The van der Waals surface area contributed by atoms with Crippen LogP contribution in [0.3, 0.4) is 0 Å². The monoisotopic (exact) mass is 376 g/mol. The normalized spacial score (nSPS) is 17.1. The smallest absolute Gasteiger partial charge is 0.229 e. The van der Waals surface area contributed by atoms with E-state index in [9.17, 15) is 0 Å². The van der Waals surface area contributed by atoms with Crippen LogP contribution in [0.1, 0.15) is 36.0 Å². The molecular weight excluding hydrogens is 348 g/mol. The molecule has 0 spiro atoms. The zero-order chi connectivity index (χ0) is 28.4. The zero-order valence-corrected chi connectivity index (χ0v) is 14.3. The summed E-state index contributed by atoms with van der Waals surface area (Å²) in [5.41, 5.74) is -0.970. The van der Waals surface area contributed by atoms with Crippen molar-refractivity contribution < 1.29 is 13.7 Å². The van der Waals surface area contributed by atoms with Crippen LogP contribution in [0.15, 0.2) is 54.7 Å². The van der Waals surface area contributed by atoms with Crippen molar-refractivity contribution in [1.82, 2.24) is 9.97 Å². The van der Waals surface area contributed by atoms with Gasteiger partial charge in [-0.05, 0) is 78.9 Å². The van der Waals surface area contributed by atoms with E-state index >= 15 is 0 Å². The molecule has 0 fully saturated rings. The van der Waals surface area contributed by atoms with Gasteiger partial charge in [-0.3, -0.25) is 0 Å². The Hall–Kier alpha value is -4.16. The van der Waals surface area contributed by atoms with Crippen molar-refractivity contribution in [2.24, 2.45) is 0 Å². The summed E-state index contributed by atoms with van der Waals surface area (Å²) in [6.45, 7) is -5.84. The maximum absolute atomic E-state index is 8.97. The summed E-state index contributed by atoms with van der Waals surface area (Å²) in [6.07, 6.45) is -0.551. The van der Waals surface area contributed by atoms with Gasteiger partial charge in [-0.15, -0.1) is 0 Å². The van der Waals surface area contributed by atoms with E-state index in [1.807, 2.05) is 6.07 Å². The number of benzene rings is 2. The largest absolute Gasteiger partial charge is 0.340 e. The maximum Gasteiger partial charge on any atom is 0.229 e. The van der Waals surface area contributed by atoms with Gasteiger partial charge in [0.15, 0.2) is 0 Å². The van der Waals surface area contributed by atoms with Crippen molar-refractivity contribution in [3.63, 3.8) is 0 Å². The Morgan fingerprint density at radius 2 is 1.89 bits per heavy atom. The lowest BCUT2D eigenvalue weighted by Crippen LogP contribution is -2.02. The highest BCUT2D eigenvalue weighted by atomic mass is 15.1. The Labute approximate surface area is 177 Å². The van der Waals surface area contributed by atoms with E-state index in [1.165, 1.54) is 18.2 Å².